The fraction of sp³-hybridized carbons (Fsp3) is 0.211. The topological polar surface area (TPSA) is 50.7 Å². The highest BCUT2D eigenvalue weighted by molar-refractivity contribution is 7.80. The second kappa shape index (κ2) is 7.76. The first kappa shape index (κ1) is 17.6. The Morgan fingerprint density at radius 1 is 1.24 bits per heavy atom. The van der Waals surface area contributed by atoms with Gasteiger partial charge in [-0.25, -0.2) is 4.99 Å². The van der Waals surface area contributed by atoms with Gasteiger partial charge in [0.1, 0.15) is 12.5 Å². The van der Waals surface area contributed by atoms with Gasteiger partial charge in [0, 0.05) is 10.7 Å². The van der Waals surface area contributed by atoms with Crippen molar-refractivity contribution in [1.82, 2.24) is 5.32 Å². The summed E-state index contributed by atoms with van der Waals surface area (Å²) in [7, 11) is 0. The molecule has 0 radical (unpaired) electrons. The van der Waals surface area contributed by atoms with Crippen molar-refractivity contribution in [2.45, 2.75) is 19.6 Å². The fourth-order valence-electron chi connectivity index (χ4n) is 2.82. The molecule has 3 rings (SSSR count). The molecule has 1 N–H and O–H groups in total. The number of nitrogens with one attached hydrogen (secondary N) is 1. The maximum atomic E-state index is 12.7. The SMILES string of the molecule is CC1=NC(=S)NC(c2cccc(Cl)c2)C1C(=O)OCc1ccccc1. The van der Waals surface area contributed by atoms with Crippen LogP contribution in [0.4, 0.5) is 0 Å². The molecule has 4 nitrogen and oxygen atoms in total. The minimum Gasteiger partial charge on any atom is -0.460 e. The number of halogens is 1. The maximum absolute atomic E-state index is 12.7. The predicted octanol–water partition coefficient (Wildman–Crippen LogP) is 4.09. The summed E-state index contributed by atoms with van der Waals surface area (Å²) >= 11 is 11.3. The number of thiocarbonyl (C=S) groups is 1. The summed E-state index contributed by atoms with van der Waals surface area (Å²) < 4.78 is 5.52. The molecule has 2 aromatic carbocycles. The van der Waals surface area contributed by atoms with Crippen molar-refractivity contribution in [3.63, 3.8) is 0 Å². The van der Waals surface area contributed by atoms with Gasteiger partial charge in [-0.3, -0.25) is 4.79 Å². The van der Waals surface area contributed by atoms with Crippen LogP contribution in [0.2, 0.25) is 5.02 Å². The van der Waals surface area contributed by atoms with E-state index in [9.17, 15) is 4.79 Å². The van der Waals surface area contributed by atoms with E-state index in [1.54, 1.807) is 13.0 Å². The van der Waals surface area contributed by atoms with E-state index < -0.39 is 5.92 Å². The zero-order valence-electron chi connectivity index (χ0n) is 13.6. The van der Waals surface area contributed by atoms with Gasteiger partial charge in [-0.05, 0) is 42.4 Å². The Kier molecular flexibility index (Phi) is 5.46. The number of carbonyl (C=O) groups is 1. The van der Waals surface area contributed by atoms with E-state index in [0.717, 1.165) is 11.1 Å². The smallest absolute Gasteiger partial charge is 0.317 e. The molecule has 0 bridgehead atoms. The number of nitrogens with zero attached hydrogens (tertiary/aromatic N) is 1. The Morgan fingerprint density at radius 2 is 2.00 bits per heavy atom. The first-order chi connectivity index (χ1) is 12.0. The zero-order valence-corrected chi connectivity index (χ0v) is 15.2. The molecule has 0 fully saturated rings. The highest BCUT2D eigenvalue weighted by atomic mass is 35.5. The van der Waals surface area contributed by atoms with Gasteiger partial charge in [-0.15, -0.1) is 0 Å². The Hall–Kier alpha value is -2.24. The van der Waals surface area contributed by atoms with E-state index in [1.807, 2.05) is 48.5 Å². The van der Waals surface area contributed by atoms with Crippen LogP contribution in [0.3, 0.4) is 0 Å². The highest BCUT2D eigenvalue weighted by Gasteiger charge is 2.37. The molecule has 1 aliphatic rings. The molecule has 0 spiro atoms. The van der Waals surface area contributed by atoms with Crippen LogP contribution in [0.25, 0.3) is 0 Å². The van der Waals surface area contributed by atoms with Crippen LogP contribution < -0.4 is 5.32 Å². The Balaban J connectivity index is 1.83. The van der Waals surface area contributed by atoms with Gasteiger partial charge in [-0.1, -0.05) is 54.1 Å². The van der Waals surface area contributed by atoms with Gasteiger partial charge < -0.3 is 10.1 Å². The summed E-state index contributed by atoms with van der Waals surface area (Å²) in [6.45, 7) is 2.01. The second-order valence-corrected chi connectivity index (χ2v) is 6.63. The van der Waals surface area contributed by atoms with Crippen molar-refractivity contribution in [2.24, 2.45) is 10.9 Å². The summed E-state index contributed by atoms with van der Waals surface area (Å²) in [4.78, 5) is 17.0. The highest BCUT2D eigenvalue weighted by Crippen LogP contribution is 2.29. The van der Waals surface area contributed by atoms with Crippen molar-refractivity contribution in [3.05, 3.63) is 70.7 Å². The summed E-state index contributed by atoms with van der Waals surface area (Å²) in [5.41, 5.74) is 2.43. The molecular formula is C19H17ClN2O2S. The van der Waals surface area contributed by atoms with Gasteiger partial charge >= 0.3 is 5.97 Å². The van der Waals surface area contributed by atoms with Crippen LogP contribution >= 0.6 is 23.8 Å². The molecular weight excluding hydrogens is 356 g/mol. The number of carbonyl (C=O) groups excluding carboxylic acids is 1. The molecule has 2 aromatic rings. The number of hydrogen-bond donors (Lipinski definition) is 1. The van der Waals surface area contributed by atoms with Crippen LogP contribution in [0.1, 0.15) is 24.1 Å². The van der Waals surface area contributed by atoms with Crippen LogP contribution in [-0.2, 0) is 16.1 Å². The summed E-state index contributed by atoms with van der Waals surface area (Å²) in [5, 5.41) is 4.06. The van der Waals surface area contributed by atoms with Gasteiger partial charge in [0.05, 0.1) is 6.04 Å². The van der Waals surface area contributed by atoms with Crippen molar-refractivity contribution in [3.8, 4) is 0 Å². The first-order valence-corrected chi connectivity index (χ1v) is 8.65. The predicted molar refractivity (Wildman–Crippen MR) is 103 cm³/mol. The van der Waals surface area contributed by atoms with Gasteiger partial charge in [-0.2, -0.15) is 0 Å². The van der Waals surface area contributed by atoms with E-state index in [4.69, 9.17) is 28.6 Å². The van der Waals surface area contributed by atoms with Crippen LogP contribution in [0, 0.1) is 5.92 Å². The van der Waals surface area contributed by atoms with Gasteiger partial charge in [0.25, 0.3) is 0 Å². The zero-order chi connectivity index (χ0) is 17.8. The lowest BCUT2D eigenvalue weighted by atomic mass is 9.88. The molecule has 1 heterocycles. The lowest BCUT2D eigenvalue weighted by molar-refractivity contribution is -0.148. The van der Waals surface area contributed by atoms with E-state index in [2.05, 4.69) is 10.3 Å². The van der Waals surface area contributed by atoms with Crippen molar-refractivity contribution in [1.29, 1.82) is 0 Å². The third-order valence-electron chi connectivity index (χ3n) is 4.03. The van der Waals surface area contributed by atoms with Crippen LogP contribution in [0.5, 0.6) is 0 Å². The normalized spacial score (nSPS) is 19.8. The van der Waals surface area contributed by atoms with Crippen LogP contribution in [-0.4, -0.2) is 16.8 Å². The number of hydrogen-bond acceptors (Lipinski definition) is 3. The third kappa shape index (κ3) is 4.24. The minimum absolute atomic E-state index is 0.218. The lowest BCUT2D eigenvalue weighted by Crippen LogP contribution is -2.44. The van der Waals surface area contributed by atoms with Crippen molar-refractivity contribution in [2.75, 3.05) is 0 Å². The number of aliphatic imine (C=N–C) groups is 1. The average molecular weight is 373 g/mol. The Morgan fingerprint density at radius 3 is 2.72 bits per heavy atom. The number of benzene rings is 2. The van der Waals surface area contributed by atoms with E-state index in [-0.39, 0.29) is 18.6 Å². The number of esters is 1. The van der Waals surface area contributed by atoms with E-state index in [1.165, 1.54) is 0 Å². The summed E-state index contributed by atoms with van der Waals surface area (Å²) in [6.07, 6.45) is 0. The molecule has 25 heavy (non-hydrogen) atoms. The molecule has 2 unspecified atom stereocenters. The quantitative estimate of drug-likeness (QED) is 0.648. The number of rotatable bonds is 4. The summed E-state index contributed by atoms with van der Waals surface area (Å²) in [5.74, 6) is -0.904. The molecule has 0 saturated heterocycles. The summed E-state index contributed by atoms with van der Waals surface area (Å²) in [6, 6.07) is 16.6. The Labute approximate surface area is 156 Å². The monoisotopic (exact) mass is 372 g/mol. The van der Waals surface area contributed by atoms with Crippen LogP contribution in [0.15, 0.2) is 59.6 Å². The molecule has 0 saturated carbocycles. The molecule has 6 heteroatoms. The van der Waals surface area contributed by atoms with Gasteiger partial charge in [0.15, 0.2) is 5.11 Å². The van der Waals surface area contributed by atoms with Gasteiger partial charge in [0.2, 0.25) is 0 Å². The maximum Gasteiger partial charge on any atom is 0.317 e. The van der Waals surface area contributed by atoms with Crippen molar-refractivity contribution >= 4 is 40.6 Å². The minimum atomic E-state index is -0.561. The Bertz CT molecular complexity index is 823. The molecule has 128 valence electrons. The molecule has 2 atom stereocenters. The standard InChI is InChI=1S/C19H17ClN2O2S/c1-12-16(18(23)24-11-13-6-3-2-4-7-13)17(22-19(25)21-12)14-8-5-9-15(20)10-14/h2-10,16-17H,11H2,1H3,(H,22,25). The number of ether oxygens (including phenoxy) is 1. The van der Waals surface area contributed by atoms with E-state index >= 15 is 0 Å². The lowest BCUT2D eigenvalue weighted by Gasteiger charge is -2.31. The third-order valence-corrected chi connectivity index (χ3v) is 4.47. The fourth-order valence-corrected chi connectivity index (χ4v) is 3.29. The van der Waals surface area contributed by atoms with E-state index in [0.29, 0.717) is 15.8 Å². The molecule has 0 aliphatic carbocycles. The molecule has 0 aromatic heterocycles. The average Bonchev–Trinajstić information content (AvgIpc) is 2.60. The largest absolute Gasteiger partial charge is 0.460 e. The second-order valence-electron chi connectivity index (χ2n) is 5.81. The first-order valence-electron chi connectivity index (χ1n) is 7.86. The molecule has 0 amide bonds. The van der Waals surface area contributed by atoms with Crippen molar-refractivity contribution < 1.29 is 9.53 Å². The molecule has 1 aliphatic heterocycles.